The van der Waals surface area contributed by atoms with Gasteiger partial charge >= 0.3 is 5.97 Å². The first kappa shape index (κ1) is 41.7. The van der Waals surface area contributed by atoms with E-state index in [9.17, 15) is 15.2 Å². The highest BCUT2D eigenvalue weighted by Crippen LogP contribution is 2.58. The Morgan fingerprint density at radius 2 is 0.970 bits per heavy atom. The molecule has 322 valence electrons. The number of nitrogens with zero attached hydrogens (tertiary/aromatic N) is 2. The van der Waals surface area contributed by atoms with Crippen LogP contribution in [0.3, 0.4) is 0 Å². The number of hydrogen-bond donors (Lipinski definition) is 1. The van der Waals surface area contributed by atoms with Crippen molar-refractivity contribution in [2.75, 3.05) is 4.90 Å². The first-order valence-corrected chi connectivity index (χ1v) is 26.5. The Morgan fingerprint density at radius 3 is 1.51 bits per heavy atom. The number of aliphatic carboxylic acids is 1. The number of carboxylic acid groups (broad SMARTS) is 1. The predicted octanol–water partition coefficient (Wildman–Crippen LogP) is 18.5. The zero-order valence-electron chi connectivity index (χ0n) is 35.9. The lowest BCUT2D eigenvalue weighted by molar-refractivity contribution is -0.132. The number of anilines is 3. The summed E-state index contributed by atoms with van der Waals surface area (Å²) in [4.78, 5) is 23.4. The van der Waals surface area contributed by atoms with Crippen molar-refractivity contribution in [1.29, 1.82) is 5.26 Å². The van der Waals surface area contributed by atoms with Crippen LogP contribution >= 0.6 is 68.0 Å². The van der Waals surface area contributed by atoms with Crippen molar-refractivity contribution in [1.82, 2.24) is 0 Å². The van der Waals surface area contributed by atoms with Gasteiger partial charge in [0.25, 0.3) is 0 Å². The van der Waals surface area contributed by atoms with Crippen LogP contribution in [0.25, 0.3) is 86.8 Å². The summed E-state index contributed by atoms with van der Waals surface area (Å²) in [6, 6.07) is 63.2. The number of fused-ring (bicyclic) bond motifs is 6. The number of thiophene rings is 6. The maximum atomic E-state index is 11.5. The molecule has 0 fully saturated rings. The number of rotatable bonds is 10. The van der Waals surface area contributed by atoms with Gasteiger partial charge in [0.05, 0.1) is 9.40 Å². The van der Waals surface area contributed by atoms with Crippen molar-refractivity contribution in [2.45, 2.75) is 19.3 Å². The molecule has 0 saturated heterocycles. The van der Waals surface area contributed by atoms with Crippen LogP contribution in [0, 0.1) is 11.3 Å². The van der Waals surface area contributed by atoms with Gasteiger partial charge in [-0.25, -0.2) is 4.79 Å². The van der Waals surface area contributed by atoms with Gasteiger partial charge in [0.2, 0.25) is 0 Å². The Hall–Kier alpha value is -6.68. The van der Waals surface area contributed by atoms with Gasteiger partial charge in [0.15, 0.2) is 0 Å². The van der Waals surface area contributed by atoms with E-state index < -0.39 is 5.97 Å². The molecule has 67 heavy (non-hydrogen) atoms. The Kier molecular flexibility index (Phi) is 10.3. The molecule has 12 rings (SSSR count). The molecule has 0 unspecified atom stereocenters. The van der Waals surface area contributed by atoms with E-state index in [2.05, 4.69) is 189 Å². The number of hydrogen-bond acceptors (Lipinski definition) is 9. The topological polar surface area (TPSA) is 64.3 Å². The highest BCUT2D eigenvalue weighted by atomic mass is 32.1. The second-order valence-corrected chi connectivity index (χ2v) is 23.3. The Bertz CT molecular complexity index is 3660. The highest BCUT2D eigenvalue weighted by Gasteiger charge is 2.39. The SMILES string of the molecule is CC1(C)c2cc(/C=C(\C#N)C(=O)O)sc2-c2sc(-c3ccc(-c4cc5sc6cc(-c7ccc(N(c8ccc(-c9ccccc9)cc8)c8ccc(-c9ccccc9)cc8)cc7)sc6c5s4)s3)cc21. The largest absolute Gasteiger partial charge is 0.477 e. The smallest absolute Gasteiger partial charge is 0.346 e. The van der Waals surface area contributed by atoms with Gasteiger partial charge in [-0.3, -0.25) is 0 Å². The first-order valence-electron chi connectivity index (χ1n) is 21.6. The van der Waals surface area contributed by atoms with Gasteiger partial charge in [0.1, 0.15) is 11.6 Å². The van der Waals surface area contributed by atoms with E-state index in [4.69, 9.17) is 0 Å². The summed E-state index contributed by atoms with van der Waals surface area (Å²) < 4.78 is 5.38. The molecule has 11 aromatic rings. The third-order valence-corrected chi connectivity index (χ3v) is 20.1. The fraction of sp³-hybridized carbons (Fsp3) is 0.0526. The lowest BCUT2D eigenvalue weighted by atomic mass is 9.84. The monoisotopic (exact) mass is 972 g/mol. The van der Waals surface area contributed by atoms with E-state index >= 15 is 0 Å². The molecule has 5 aromatic carbocycles. The summed E-state index contributed by atoms with van der Waals surface area (Å²) in [5.74, 6) is -1.20. The van der Waals surface area contributed by atoms with Crippen LogP contribution in [0.4, 0.5) is 17.1 Å². The summed E-state index contributed by atoms with van der Waals surface area (Å²) in [6.07, 6.45) is 1.49. The van der Waals surface area contributed by atoms with E-state index in [0.29, 0.717) is 0 Å². The molecule has 0 spiro atoms. The number of benzene rings is 5. The third-order valence-electron chi connectivity index (χ3n) is 12.5. The molecule has 10 heteroatoms. The number of carboxylic acids is 1. The van der Waals surface area contributed by atoms with Crippen LogP contribution in [0.1, 0.15) is 29.9 Å². The van der Waals surface area contributed by atoms with E-state index in [1.54, 1.807) is 22.7 Å². The Labute approximate surface area is 411 Å². The molecular weight excluding hydrogens is 937 g/mol. The quantitative estimate of drug-likeness (QED) is 0.110. The lowest BCUT2D eigenvalue weighted by Gasteiger charge is -2.26. The minimum Gasteiger partial charge on any atom is -0.477 e. The van der Waals surface area contributed by atoms with Gasteiger partial charge in [-0.1, -0.05) is 111 Å². The Morgan fingerprint density at radius 1 is 0.507 bits per heavy atom. The van der Waals surface area contributed by atoms with Crippen molar-refractivity contribution in [3.63, 3.8) is 0 Å². The summed E-state index contributed by atoms with van der Waals surface area (Å²) in [5.41, 5.74) is 11.3. The van der Waals surface area contributed by atoms with Crippen molar-refractivity contribution >= 4 is 116 Å². The summed E-state index contributed by atoms with van der Waals surface area (Å²) in [7, 11) is 0. The van der Waals surface area contributed by atoms with Gasteiger partial charge < -0.3 is 10.0 Å². The zero-order chi connectivity index (χ0) is 45.4. The van der Waals surface area contributed by atoms with Crippen LogP contribution in [0.15, 0.2) is 175 Å². The molecule has 0 amide bonds. The molecule has 0 aliphatic heterocycles. The molecule has 0 saturated carbocycles. The van der Waals surface area contributed by atoms with E-state index in [0.717, 1.165) is 21.9 Å². The number of nitriles is 1. The molecule has 1 N–H and O–H groups in total. The van der Waals surface area contributed by atoms with Crippen molar-refractivity contribution < 1.29 is 9.90 Å². The molecule has 4 nitrogen and oxygen atoms in total. The summed E-state index contributed by atoms with van der Waals surface area (Å²) in [5, 5.41) is 18.8. The minimum absolute atomic E-state index is 0.213. The second kappa shape index (κ2) is 16.6. The predicted molar refractivity (Wildman–Crippen MR) is 289 cm³/mol. The van der Waals surface area contributed by atoms with E-state index in [-0.39, 0.29) is 11.0 Å². The van der Waals surface area contributed by atoms with E-state index in [1.807, 2.05) is 51.4 Å². The average molecular weight is 973 g/mol. The zero-order valence-corrected chi connectivity index (χ0v) is 40.8. The van der Waals surface area contributed by atoms with Gasteiger partial charge in [0, 0.05) is 70.9 Å². The maximum Gasteiger partial charge on any atom is 0.346 e. The van der Waals surface area contributed by atoms with E-state index in [1.165, 1.54) is 98.0 Å². The molecule has 0 atom stereocenters. The molecule has 1 aliphatic rings. The third kappa shape index (κ3) is 7.40. The highest BCUT2D eigenvalue weighted by molar-refractivity contribution is 7.40. The second-order valence-electron chi connectivity index (χ2n) is 16.9. The van der Waals surface area contributed by atoms with Crippen LogP contribution < -0.4 is 4.90 Å². The van der Waals surface area contributed by atoms with Crippen LogP contribution in [-0.4, -0.2) is 11.1 Å². The molecule has 0 radical (unpaired) electrons. The first-order chi connectivity index (χ1) is 32.7. The molecule has 6 heterocycles. The number of carbonyl (C=O) groups is 1. The van der Waals surface area contributed by atoms with Crippen LogP contribution in [0.2, 0.25) is 0 Å². The minimum atomic E-state index is -1.20. The molecule has 6 aromatic heterocycles. The molecular formula is C57H36N2O2S6. The summed E-state index contributed by atoms with van der Waals surface area (Å²) in [6.45, 7) is 4.46. The van der Waals surface area contributed by atoms with Gasteiger partial charge in [-0.2, -0.15) is 5.26 Å². The molecule has 1 aliphatic carbocycles. The fourth-order valence-corrected chi connectivity index (χ4v) is 16.9. The van der Waals surface area contributed by atoms with Crippen LogP contribution in [-0.2, 0) is 10.2 Å². The maximum absolute atomic E-state index is 11.5. The van der Waals surface area contributed by atoms with Crippen molar-refractivity contribution in [3.05, 3.63) is 191 Å². The van der Waals surface area contributed by atoms with Gasteiger partial charge in [-0.15, -0.1) is 68.0 Å². The normalized spacial score (nSPS) is 12.9. The van der Waals surface area contributed by atoms with Crippen molar-refractivity contribution in [3.8, 4) is 68.0 Å². The average Bonchev–Trinajstić information content (AvgIpc) is 4.23. The summed E-state index contributed by atoms with van der Waals surface area (Å²) >= 11 is 10.9. The standard InChI is InChI=1S/C57H36N2O2S6/c1-57(2)43-28-42(27-38(32-58)56(60)61)62-52(43)53-44(57)29-48(66-53)45-25-26-46(63-45)49-31-51-55(67-49)54-50(64-51)30-47(65-54)37-17-23-41(24-18-37)59(39-19-13-35(14-20-39)33-9-5-3-6-10-33)40-21-15-36(16-22-40)34-11-7-4-8-12-34/h3-31H,1-2H3,(H,60,61)/b38-27+. The molecule has 0 bridgehead atoms. The van der Waals surface area contributed by atoms with Crippen molar-refractivity contribution in [2.24, 2.45) is 0 Å². The van der Waals surface area contributed by atoms with Gasteiger partial charge in [-0.05, 0) is 118 Å². The van der Waals surface area contributed by atoms with Crippen LogP contribution in [0.5, 0.6) is 0 Å². The fourth-order valence-electron chi connectivity index (χ4n) is 8.98. The Balaban J connectivity index is 0.817. The lowest BCUT2D eigenvalue weighted by Crippen LogP contribution is -2.13.